The molecular weight excluding hydrogens is 314 g/mol. The Morgan fingerprint density at radius 1 is 1.36 bits per heavy atom. The molecule has 0 spiro atoms. The minimum Gasteiger partial charge on any atom is -0.383 e. The lowest BCUT2D eigenvalue weighted by molar-refractivity contribution is 0.145. The van der Waals surface area contributed by atoms with E-state index in [1.54, 1.807) is 7.11 Å². The van der Waals surface area contributed by atoms with Crippen LogP contribution in [0.3, 0.4) is 0 Å². The van der Waals surface area contributed by atoms with Gasteiger partial charge in [0.1, 0.15) is 0 Å². The molecule has 1 aliphatic rings. The third-order valence-electron chi connectivity index (χ3n) is 4.90. The second kappa shape index (κ2) is 10.4. The van der Waals surface area contributed by atoms with Crippen LogP contribution in [0, 0.1) is 12.8 Å². The van der Waals surface area contributed by atoms with Gasteiger partial charge in [-0.2, -0.15) is 0 Å². The minimum absolute atomic E-state index is 0.00166. The highest BCUT2D eigenvalue weighted by Gasteiger charge is 2.18. The van der Waals surface area contributed by atoms with E-state index in [9.17, 15) is 4.79 Å². The van der Waals surface area contributed by atoms with Gasteiger partial charge >= 0.3 is 6.03 Å². The van der Waals surface area contributed by atoms with Gasteiger partial charge in [-0.1, -0.05) is 29.8 Å². The molecule has 1 atom stereocenters. The van der Waals surface area contributed by atoms with Gasteiger partial charge in [0, 0.05) is 33.3 Å². The van der Waals surface area contributed by atoms with Gasteiger partial charge in [0.05, 0.1) is 6.61 Å². The number of nitrogens with one attached hydrogen (secondary N) is 1. The molecule has 2 amide bonds. The number of likely N-dealkylation sites (tertiary alicyclic amines) is 1. The SMILES string of the molecule is COCCN(Cc1ccc(C)cc1)C(=O)NCC[C@@H]1CCCN(C)C1. The van der Waals surface area contributed by atoms with Crippen molar-refractivity contribution >= 4 is 6.03 Å². The fourth-order valence-electron chi connectivity index (χ4n) is 3.37. The number of carbonyl (C=O) groups is 1. The summed E-state index contributed by atoms with van der Waals surface area (Å²) in [4.78, 5) is 16.8. The summed E-state index contributed by atoms with van der Waals surface area (Å²) < 4.78 is 5.16. The number of hydrogen-bond donors (Lipinski definition) is 1. The van der Waals surface area contributed by atoms with E-state index in [2.05, 4.69) is 48.5 Å². The predicted molar refractivity (Wildman–Crippen MR) is 102 cm³/mol. The smallest absolute Gasteiger partial charge is 0.317 e. The van der Waals surface area contributed by atoms with Crippen LogP contribution in [-0.4, -0.2) is 62.8 Å². The van der Waals surface area contributed by atoms with Crippen molar-refractivity contribution in [2.24, 2.45) is 5.92 Å². The van der Waals surface area contributed by atoms with Crippen LogP contribution in [0.5, 0.6) is 0 Å². The van der Waals surface area contributed by atoms with E-state index in [4.69, 9.17) is 4.74 Å². The number of nitrogens with zero attached hydrogens (tertiary/aromatic N) is 2. The van der Waals surface area contributed by atoms with Gasteiger partial charge in [-0.3, -0.25) is 0 Å². The topological polar surface area (TPSA) is 44.8 Å². The fourth-order valence-corrected chi connectivity index (χ4v) is 3.37. The lowest BCUT2D eigenvalue weighted by Gasteiger charge is -2.30. The first-order valence-electron chi connectivity index (χ1n) is 9.34. The van der Waals surface area contributed by atoms with Crippen molar-refractivity contribution in [2.75, 3.05) is 46.9 Å². The summed E-state index contributed by atoms with van der Waals surface area (Å²) in [6.07, 6.45) is 3.60. The maximum Gasteiger partial charge on any atom is 0.317 e. The number of amides is 2. The molecule has 0 aliphatic carbocycles. The summed E-state index contributed by atoms with van der Waals surface area (Å²) in [7, 11) is 3.85. The van der Waals surface area contributed by atoms with Crippen molar-refractivity contribution in [3.63, 3.8) is 0 Å². The van der Waals surface area contributed by atoms with Crippen LogP contribution < -0.4 is 5.32 Å². The molecular formula is C20H33N3O2. The molecule has 1 aromatic carbocycles. The Hall–Kier alpha value is -1.59. The average Bonchev–Trinajstić information content (AvgIpc) is 2.60. The Morgan fingerprint density at radius 3 is 2.80 bits per heavy atom. The minimum atomic E-state index is 0.00166. The zero-order valence-electron chi connectivity index (χ0n) is 16.0. The highest BCUT2D eigenvalue weighted by Crippen LogP contribution is 2.17. The number of carbonyl (C=O) groups excluding carboxylic acids is 1. The highest BCUT2D eigenvalue weighted by atomic mass is 16.5. The molecule has 5 heteroatoms. The average molecular weight is 348 g/mol. The van der Waals surface area contributed by atoms with Crippen LogP contribution >= 0.6 is 0 Å². The van der Waals surface area contributed by atoms with Crippen LogP contribution in [0.4, 0.5) is 4.79 Å². The molecule has 140 valence electrons. The normalized spacial score (nSPS) is 18.1. The Kier molecular flexibility index (Phi) is 8.22. The van der Waals surface area contributed by atoms with E-state index in [1.807, 2.05) is 4.90 Å². The Balaban J connectivity index is 1.81. The molecule has 0 radical (unpaired) electrons. The molecule has 1 N–H and O–H groups in total. The number of piperidine rings is 1. The lowest BCUT2D eigenvalue weighted by Crippen LogP contribution is -2.42. The maximum absolute atomic E-state index is 12.6. The van der Waals surface area contributed by atoms with Gasteiger partial charge in [0.15, 0.2) is 0 Å². The summed E-state index contributed by atoms with van der Waals surface area (Å²) in [6, 6.07) is 8.34. The van der Waals surface area contributed by atoms with Crippen LogP contribution in [0.25, 0.3) is 0 Å². The van der Waals surface area contributed by atoms with Crippen LogP contribution in [-0.2, 0) is 11.3 Å². The Bertz CT molecular complexity index is 518. The second-order valence-electron chi connectivity index (χ2n) is 7.19. The third-order valence-corrected chi connectivity index (χ3v) is 4.90. The van der Waals surface area contributed by atoms with Crippen molar-refractivity contribution in [3.05, 3.63) is 35.4 Å². The zero-order valence-corrected chi connectivity index (χ0v) is 16.0. The number of benzene rings is 1. The molecule has 1 aromatic rings. The van der Waals surface area contributed by atoms with Crippen LogP contribution in [0.1, 0.15) is 30.4 Å². The number of hydrogen-bond acceptors (Lipinski definition) is 3. The molecule has 1 aliphatic heterocycles. The number of urea groups is 1. The van der Waals surface area contributed by atoms with E-state index in [1.165, 1.54) is 24.9 Å². The number of ether oxygens (including phenoxy) is 1. The van der Waals surface area contributed by atoms with Crippen molar-refractivity contribution in [1.82, 2.24) is 15.1 Å². The van der Waals surface area contributed by atoms with E-state index in [-0.39, 0.29) is 6.03 Å². The molecule has 0 saturated carbocycles. The molecule has 5 nitrogen and oxygen atoms in total. The van der Waals surface area contributed by atoms with Crippen LogP contribution in [0.15, 0.2) is 24.3 Å². The van der Waals surface area contributed by atoms with E-state index in [0.29, 0.717) is 25.6 Å². The van der Waals surface area contributed by atoms with Gasteiger partial charge in [-0.15, -0.1) is 0 Å². The molecule has 0 bridgehead atoms. The van der Waals surface area contributed by atoms with E-state index < -0.39 is 0 Å². The Labute approximate surface area is 152 Å². The predicted octanol–water partition coefficient (Wildman–Crippen LogP) is 2.88. The number of aryl methyl sites for hydroxylation is 1. The molecule has 25 heavy (non-hydrogen) atoms. The van der Waals surface area contributed by atoms with Crippen molar-refractivity contribution in [2.45, 2.75) is 32.7 Å². The van der Waals surface area contributed by atoms with Gasteiger partial charge in [-0.25, -0.2) is 4.79 Å². The zero-order chi connectivity index (χ0) is 18.1. The summed E-state index contributed by atoms with van der Waals surface area (Å²) in [6.45, 7) is 6.92. The third kappa shape index (κ3) is 7.04. The van der Waals surface area contributed by atoms with Gasteiger partial charge in [0.25, 0.3) is 0 Å². The monoisotopic (exact) mass is 347 g/mol. The maximum atomic E-state index is 12.6. The first-order chi connectivity index (χ1) is 12.1. The molecule has 1 fully saturated rings. The summed E-state index contributed by atoms with van der Waals surface area (Å²) >= 11 is 0. The first kappa shape index (κ1) is 19.7. The van der Waals surface area contributed by atoms with Gasteiger partial charge in [-0.05, 0) is 51.3 Å². The van der Waals surface area contributed by atoms with Crippen molar-refractivity contribution < 1.29 is 9.53 Å². The van der Waals surface area contributed by atoms with Crippen molar-refractivity contribution in [1.29, 1.82) is 0 Å². The summed E-state index contributed by atoms with van der Waals surface area (Å²) in [5.74, 6) is 0.698. The van der Waals surface area contributed by atoms with Gasteiger partial charge < -0.3 is 19.9 Å². The highest BCUT2D eigenvalue weighted by molar-refractivity contribution is 5.74. The number of rotatable bonds is 8. The molecule has 1 saturated heterocycles. The van der Waals surface area contributed by atoms with Gasteiger partial charge in [0.2, 0.25) is 0 Å². The standard InChI is InChI=1S/C20H33N3O2/c1-17-6-8-19(9-7-17)16-23(13-14-25-3)20(24)21-11-10-18-5-4-12-22(2)15-18/h6-9,18H,4-5,10-16H2,1-3H3,(H,21,24)/t18-/m0/s1. The first-order valence-corrected chi connectivity index (χ1v) is 9.34. The summed E-state index contributed by atoms with van der Waals surface area (Å²) in [5.41, 5.74) is 2.37. The Morgan fingerprint density at radius 2 is 2.12 bits per heavy atom. The van der Waals surface area contributed by atoms with E-state index >= 15 is 0 Å². The molecule has 2 rings (SSSR count). The largest absolute Gasteiger partial charge is 0.383 e. The summed E-state index contributed by atoms with van der Waals surface area (Å²) in [5, 5.41) is 3.10. The molecule has 0 aromatic heterocycles. The van der Waals surface area contributed by atoms with E-state index in [0.717, 1.165) is 25.1 Å². The lowest BCUT2D eigenvalue weighted by atomic mass is 9.95. The molecule has 1 heterocycles. The fraction of sp³-hybridized carbons (Fsp3) is 0.650. The van der Waals surface area contributed by atoms with Crippen molar-refractivity contribution in [3.8, 4) is 0 Å². The molecule has 0 unspecified atom stereocenters. The second-order valence-corrected chi connectivity index (χ2v) is 7.19. The quantitative estimate of drug-likeness (QED) is 0.786. The number of methoxy groups -OCH3 is 1. The van der Waals surface area contributed by atoms with Crippen LogP contribution in [0.2, 0.25) is 0 Å².